The predicted molar refractivity (Wildman–Crippen MR) is 128 cm³/mol. The molecule has 0 bridgehead atoms. The number of fused-ring (bicyclic) bond motifs is 1. The largest absolute Gasteiger partial charge is 0.479 e. The van der Waals surface area contributed by atoms with Crippen LogP contribution in [0.1, 0.15) is 44.5 Å². The molecule has 2 aromatic carbocycles. The van der Waals surface area contributed by atoms with Gasteiger partial charge in [0.05, 0.1) is 11.3 Å². The third-order valence-corrected chi connectivity index (χ3v) is 5.87. The van der Waals surface area contributed by atoms with E-state index in [0.29, 0.717) is 22.0 Å². The van der Waals surface area contributed by atoms with Crippen LogP contribution in [0.15, 0.2) is 45.7 Å². The molecule has 1 unspecified atom stereocenters. The van der Waals surface area contributed by atoms with E-state index in [0.717, 1.165) is 21.2 Å². The lowest BCUT2D eigenvalue weighted by molar-refractivity contribution is -0.184. The number of carbonyl (C=O) groups is 1. The Morgan fingerprint density at radius 3 is 2.23 bits per heavy atom. The number of hydrogen-bond acceptors (Lipinski definition) is 3. The Morgan fingerprint density at radius 1 is 1.03 bits per heavy atom. The lowest BCUT2D eigenvalue weighted by Gasteiger charge is -2.36. The number of carboxylic acids is 1. The quantitative estimate of drug-likeness (QED) is 0.514. The second kappa shape index (κ2) is 7.92. The second-order valence-electron chi connectivity index (χ2n) is 9.15. The van der Waals surface area contributed by atoms with Gasteiger partial charge in [-0.3, -0.25) is 4.79 Å². The number of aliphatic carboxylic acids is 1. The first-order chi connectivity index (χ1) is 14.3. The summed E-state index contributed by atoms with van der Waals surface area (Å²) < 4.78 is 8.34. The van der Waals surface area contributed by atoms with Gasteiger partial charge in [-0.1, -0.05) is 45.8 Å². The van der Waals surface area contributed by atoms with Gasteiger partial charge in [-0.2, -0.15) is 0 Å². The van der Waals surface area contributed by atoms with Crippen LogP contribution >= 0.6 is 15.9 Å². The van der Waals surface area contributed by atoms with Crippen LogP contribution in [0.3, 0.4) is 0 Å². The molecule has 1 N–H and O–H groups in total. The van der Waals surface area contributed by atoms with Crippen molar-refractivity contribution >= 4 is 32.7 Å². The van der Waals surface area contributed by atoms with Gasteiger partial charge in [-0.15, -0.1) is 0 Å². The smallest absolute Gasteiger partial charge is 0.341 e. The Morgan fingerprint density at radius 2 is 1.68 bits per heavy atom. The Hall–Kier alpha value is -2.44. The molecule has 0 radical (unpaired) electrons. The van der Waals surface area contributed by atoms with Gasteiger partial charge in [0, 0.05) is 22.5 Å². The highest BCUT2D eigenvalue weighted by Gasteiger charge is 2.44. The molecular formula is C25H28BrNO4. The number of ether oxygens (including phenoxy) is 1. The minimum atomic E-state index is -1.75. The van der Waals surface area contributed by atoms with Crippen molar-refractivity contribution in [1.29, 1.82) is 0 Å². The monoisotopic (exact) mass is 485 g/mol. The van der Waals surface area contributed by atoms with Crippen molar-refractivity contribution in [1.82, 2.24) is 4.57 Å². The number of aromatic nitrogens is 1. The molecule has 0 aliphatic carbocycles. The highest BCUT2D eigenvalue weighted by molar-refractivity contribution is 9.10. The van der Waals surface area contributed by atoms with Crippen LogP contribution in [-0.4, -0.2) is 21.2 Å². The molecule has 1 heterocycles. The summed E-state index contributed by atoms with van der Waals surface area (Å²) in [6.45, 7) is 10.9. The fourth-order valence-electron chi connectivity index (χ4n) is 4.22. The van der Waals surface area contributed by atoms with Crippen LogP contribution in [0.5, 0.6) is 0 Å². The maximum absolute atomic E-state index is 13.4. The number of carboxylic acid groups (broad SMARTS) is 1. The van der Waals surface area contributed by atoms with E-state index in [1.165, 1.54) is 11.5 Å². The fraction of sp³-hybridized carbons (Fsp3) is 0.360. The van der Waals surface area contributed by atoms with E-state index < -0.39 is 17.2 Å². The molecule has 0 saturated heterocycles. The highest BCUT2D eigenvalue weighted by atomic mass is 79.9. The van der Waals surface area contributed by atoms with Crippen molar-refractivity contribution in [2.75, 3.05) is 0 Å². The summed E-state index contributed by atoms with van der Waals surface area (Å²) in [4.78, 5) is 26.0. The molecule has 31 heavy (non-hydrogen) atoms. The number of rotatable bonds is 4. The average Bonchev–Trinajstić information content (AvgIpc) is 2.63. The summed E-state index contributed by atoms with van der Waals surface area (Å²) >= 11 is 3.45. The summed E-state index contributed by atoms with van der Waals surface area (Å²) in [5.74, 6) is -1.15. The van der Waals surface area contributed by atoms with Gasteiger partial charge in [-0.05, 0) is 70.2 Å². The zero-order chi connectivity index (χ0) is 23.3. The molecule has 5 nitrogen and oxygen atoms in total. The van der Waals surface area contributed by atoms with Gasteiger partial charge >= 0.3 is 5.97 Å². The average molecular weight is 486 g/mol. The summed E-state index contributed by atoms with van der Waals surface area (Å²) in [7, 11) is 1.61. The van der Waals surface area contributed by atoms with Crippen molar-refractivity contribution < 1.29 is 14.6 Å². The topological polar surface area (TPSA) is 68.5 Å². The number of benzene rings is 2. The van der Waals surface area contributed by atoms with E-state index in [4.69, 9.17) is 4.74 Å². The van der Waals surface area contributed by atoms with Gasteiger partial charge in [0.25, 0.3) is 5.56 Å². The maximum Gasteiger partial charge on any atom is 0.341 e. The van der Waals surface area contributed by atoms with E-state index in [1.54, 1.807) is 33.9 Å². The maximum atomic E-state index is 13.4. The van der Waals surface area contributed by atoms with Gasteiger partial charge in [0.2, 0.25) is 5.60 Å². The number of pyridine rings is 1. The van der Waals surface area contributed by atoms with Crippen LogP contribution in [0.2, 0.25) is 0 Å². The summed E-state index contributed by atoms with van der Waals surface area (Å²) in [6, 6.07) is 11.5. The number of halogens is 1. The Labute approximate surface area is 190 Å². The fourth-order valence-corrected chi connectivity index (χ4v) is 4.58. The molecule has 6 heteroatoms. The van der Waals surface area contributed by atoms with Crippen molar-refractivity contribution in [3.05, 3.63) is 68.0 Å². The third-order valence-electron chi connectivity index (χ3n) is 5.38. The standard InChI is InChI=1S/C25H28BrNO4/c1-14-8-10-17(15(2)12-14)20-18-11-9-16(26)13-19(18)22(28)27(7)21(20)25(6,23(29)30)31-24(3,4)5/h8-13H,1-7H3,(H,29,30). The minimum absolute atomic E-state index is 0.273. The van der Waals surface area contributed by atoms with Crippen LogP contribution in [-0.2, 0) is 22.2 Å². The zero-order valence-corrected chi connectivity index (χ0v) is 20.5. The highest BCUT2D eigenvalue weighted by Crippen LogP contribution is 2.41. The first-order valence-corrected chi connectivity index (χ1v) is 10.9. The van der Waals surface area contributed by atoms with Crippen LogP contribution < -0.4 is 5.56 Å². The number of aryl methyl sites for hydroxylation is 2. The Bertz CT molecular complexity index is 1250. The summed E-state index contributed by atoms with van der Waals surface area (Å²) in [6.07, 6.45) is 0. The molecule has 3 aromatic rings. The van der Waals surface area contributed by atoms with Crippen molar-refractivity contribution in [2.24, 2.45) is 7.05 Å². The molecule has 0 amide bonds. The predicted octanol–water partition coefficient (Wildman–Crippen LogP) is 5.70. The van der Waals surface area contributed by atoms with Crippen LogP contribution in [0.4, 0.5) is 0 Å². The molecule has 3 rings (SSSR count). The van der Waals surface area contributed by atoms with E-state index in [-0.39, 0.29) is 5.56 Å². The van der Waals surface area contributed by atoms with Crippen molar-refractivity contribution in [3.8, 4) is 11.1 Å². The van der Waals surface area contributed by atoms with Crippen molar-refractivity contribution in [3.63, 3.8) is 0 Å². The van der Waals surface area contributed by atoms with Gasteiger partial charge < -0.3 is 14.4 Å². The second-order valence-corrected chi connectivity index (χ2v) is 10.1. The minimum Gasteiger partial charge on any atom is -0.479 e. The Kier molecular flexibility index (Phi) is 5.93. The molecule has 0 spiro atoms. The molecule has 0 aliphatic rings. The molecule has 0 saturated carbocycles. The number of nitrogens with zero attached hydrogens (tertiary/aromatic N) is 1. The van der Waals surface area contributed by atoms with E-state index in [9.17, 15) is 14.7 Å². The normalized spacial score (nSPS) is 13.9. The molecule has 164 valence electrons. The molecule has 1 atom stereocenters. The van der Waals surface area contributed by atoms with Crippen molar-refractivity contribution in [2.45, 2.75) is 52.7 Å². The molecule has 0 aliphatic heterocycles. The number of hydrogen-bond donors (Lipinski definition) is 1. The molecule has 1 aromatic heterocycles. The zero-order valence-electron chi connectivity index (χ0n) is 19.0. The van der Waals surface area contributed by atoms with Gasteiger partial charge in [0.15, 0.2) is 0 Å². The molecule has 0 fully saturated rings. The first kappa shape index (κ1) is 23.2. The van der Waals surface area contributed by atoms with Crippen LogP contribution in [0, 0.1) is 13.8 Å². The lowest BCUT2D eigenvalue weighted by atomic mass is 9.86. The summed E-state index contributed by atoms with van der Waals surface area (Å²) in [5, 5.41) is 11.5. The summed E-state index contributed by atoms with van der Waals surface area (Å²) in [5.41, 5.74) is 1.20. The van der Waals surface area contributed by atoms with E-state index >= 15 is 0 Å². The lowest BCUT2D eigenvalue weighted by Crippen LogP contribution is -2.45. The SMILES string of the molecule is Cc1ccc(-c2c(C(C)(OC(C)(C)C)C(=O)O)n(C)c(=O)c3cc(Br)ccc23)c(C)c1. The van der Waals surface area contributed by atoms with E-state index in [2.05, 4.69) is 22.0 Å². The third kappa shape index (κ3) is 4.19. The van der Waals surface area contributed by atoms with E-state index in [1.807, 2.05) is 38.1 Å². The van der Waals surface area contributed by atoms with Gasteiger partial charge in [-0.25, -0.2) is 4.79 Å². The molecular weight excluding hydrogens is 458 g/mol. The Balaban J connectivity index is 2.60. The first-order valence-electron chi connectivity index (χ1n) is 10.1. The van der Waals surface area contributed by atoms with Gasteiger partial charge in [0.1, 0.15) is 0 Å². The van der Waals surface area contributed by atoms with Crippen LogP contribution in [0.25, 0.3) is 21.9 Å².